The fraction of sp³-hybridized carbons (Fsp3) is 0.125. The maximum Gasteiger partial charge on any atom is 0.501 e. The molecule has 0 radical (unpaired) electrons. The summed E-state index contributed by atoms with van der Waals surface area (Å²) in [7, 11) is -5.46. The number of hydrogen-bond acceptors (Lipinski definition) is 4. The molecular weight excluding hydrogens is 299 g/mol. The van der Waals surface area contributed by atoms with Gasteiger partial charge in [-0.05, 0) is 30.4 Å². The SMILES string of the molecule is O=S(=O)(c1ccc(N=C=S)cc1Cl)C(F)(F)F. The summed E-state index contributed by atoms with van der Waals surface area (Å²) in [6.45, 7) is 0. The van der Waals surface area contributed by atoms with Gasteiger partial charge in [-0.25, -0.2) is 8.42 Å². The molecular formula is C8H3ClF3NO2S2. The van der Waals surface area contributed by atoms with Gasteiger partial charge in [-0.1, -0.05) is 11.6 Å². The average molecular weight is 302 g/mol. The number of rotatable bonds is 2. The third-order valence-corrected chi connectivity index (χ3v) is 3.74. The van der Waals surface area contributed by atoms with E-state index >= 15 is 0 Å². The first-order chi connectivity index (χ1) is 7.70. The monoisotopic (exact) mass is 301 g/mol. The zero-order valence-corrected chi connectivity index (χ0v) is 10.2. The summed E-state index contributed by atoms with van der Waals surface area (Å²) in [6, 6.07) is 2.72. The molecule has 92 valence electrons. The highest BCUT2D eigenvalue weighted by atomic mass is 35.5. The Labute approximate surface area is 105 Å². The summed E-state index contributed by atoms with van der Waals surface area (Å²) in [6.07, 6.45) is 0. The van der Waals surface area contributed by atoms with E-state index in [0.717, 1.165) is 18.2 Å². The van der Waals surface area contributed by atoms with Crippen molar-refractivity contribution < 1.29 is 21.6 Å². The lowest BCUT2D eigenvalue weighted by Gasteiger charge is -2.09. The number of aliphatic imine (C=N–C) groups is 1. The maximum atomic E-state index is 12.2. The fourth-order valence-electron chi connectivity index (χ4n) is 0.955. The van der Waals surface area contributed by atoms with Gasteiger partial charge in [-0.2, -0.15) is 18.2 Å². The van der Waals surface area contributed by atoms with Gasteiger partial charge in [0.1, 0.15) is 0 Å². The first kappa shape index (κ1) is 14.1. The van der Waals surface area contributed by atoms with Crippen LogP contribution < -0.4 is 0 Å². The van der Waals surface area contributed by atoms with E-state index in [1.807, 2.05) is 5.16 Å². The van der Waals surface area contributed by atoms with Gasteiger partial charge in [0.05, 0.1) is 20.8 Å². The molecule has 17 heavy (non-hydrogen) atoms. The van der Waals surface area contributed by atoms with Crippen molar-refractivity contribution in [3.8, 4) is 0 Å². The van der Waals surface area contributed by atoms with Gasteiger partial charge in [-0.3, -0.25) is 0 Å². The van der Waals surface area contributed by atoms with E-state index in [0.29, 0.717) is 0 Å². The van der Waals surface area contributed by atoms with Crippen LogP contribution in [0.1, 0.15) is 0 Å². The molecule has 0 aliphatic carbocycles. The Balaban J connectivity index is 3.41. The van der Waals surface area contributed by atoms with Crippen molar-refractivity contribution in [3.63, 3.8) is 0 Å². The predicted molar refractivity (Wildman–Crippen MR) is 59.4 cm³/mol. The standard InChI is InChI=1S/C8H3ClF3NO2S2/c9-6-3-5(13-4-16)1-2-7(6)17(14,15)8(10,11)12/h1-3H. The van der Waals surface area contributed by atoms with Crippen LogP contribution in [0.2, 0.25) is 5.02 Å². The van der Waals surface area contributed by atoms with E-state index in [9.17, 15) is 21.6 Å². The highest BCUT2D eigenvalue weighted by molar-refractivity contribution is 7.92. The Bertz CT molecular complexity index is 591. The second-order valence-corrected chi connectivity index (χ2v) is 5.27. The van der Waals surface area contributed by atoms with E-state index in [1.165, 1.54) is 0 Å². The van der Waals surface area contributed by atoms with E-state index < -0.39 is 25.3 Å². The summed E-state index contributed by atoms with van der Waals surface area (Å²) >= 11 is 9.74. The molecule has 0 heterocycles. The zero-order valence-electron chi connectivity index (χ0n) is 7.82. The molecule has 0 amide bonds. The molecule has 0 unspecified atom stereocenters. The quantitative estimate of drug-likeness (QED) is 0.621. The van der Waals surface area contributed by atoms with Crippen molar-refractivity contribution in [3.05, 3.63) is 23.2 Å². The number of halogens is 4. The largest absolute Gasteiger partial charge is 0.501 e. The third-order valence-electron chi connectivity index (χ3n) is 1.68. The number of benzene rings is 1. The summed E-state index contributed by atoms with van der Waals surface area (Å²) in [5, 5.41) is 1.40. The van der Waals surface area contributed by atoms with Crippen molar-refractivity contribution in [1.29, 1.82) is 0 Å². The van der Waals surface area contributed by atoms with Gasteiger partial charge < -0.3 is 0 Å². The Hall–Kier alpha value is -0.950. The second kappa shape index (κ2) is 4.73. The Morgan fingerprint density at radius 2 is 1.94 bits per heavy atom. The maximum absolute atomic E-state index is 12.2. The molecule has 1 rings (SSSR count). The minimum Gasteiger partial charge on any atom is -0.214 e. The molecule has 0 aliphatic rings. The Kier molecular flexibility index (Phi) is 3.93. The minimum atomic E-state index is -5.46. The molecule has 3 nitrogen and oxygen atoms in total. The molecule has 0 aliphatic heterocycles. The molecule has 1 aromatic carbocycles. The lowest BCUT2D eigenvalue weighted by Crippen LogP contribution is -2.23. The van der Waals surface area contributed by atoms with Crippen LogP contribution in [-0.2, 0) is 9.84 Å². The Morgan fingerprint density at radius 3 is 2.35 bits per heavy atom. The minimum absolute atomic E-state index is 0.117. The zero-order chi connectivity index (χ0) is 13.3. The molecule has 0 aromatic heterocycles. The summed E-state index contributed by atoms with van der Waals surface area (Å²) in [5.74, 6) is 0. The van der Waals surface area contributed by atoms with Crippen LogP contribution in [0.4, 0.5) is 18.9 Å². The Morgan fingerprint density at radius 1 is 1.35 bits per heavy atom. The number of isothiocyanates is 1. The van der Waals surface area contributed by atoms with Crippen molar-refractivity contribution in [2.24, 2.45) is 4.99 Å². The second-order valence-electron chi connectivity index (χ2n) is 2.77. The topological polar surface area (TPSA) is 46.5 Å². The van der Waals surface area contributed by atoms with Crippen LogP contribution in [0.15, 0.2) is 28.1 Å². The molecule has 0 saturated carbocycles. The van der Waals surface area contributed by atoms with Crippen LogP contribution in [0.25, 0.3) is 0 Å². The van der Waals surface area contributed by atoms with Gasteiger partial charge in [-0.15, -0.1) is 0 Å². The normalized spacial score (nSPS) is 12.0. The number of alkyl halides is 3. The summed E-state index contributed by atoms with van der Waals surface area (Å²) in [5.41, 5.74) is -5.28. The van der Waals surface area contributed by atoms with Crippen LogP contribution >= 0.6 is 23.8 Å². The molecule has 9 heteroatoms. The van der Waals surface area contributed by atoms with Gasteiger partial charge in [0, 0.05) is 0 Å². The van der Waals surface area contributed by atoms with Gasteiger partial charge in [0.2, 0.25) is 0 Å². The van der Waals surface area contributed by atoms with E-state index in [2.05, 4.69) is 17.2 Å². The van der Waals surface area contributed by atoms with Crippen LogP contribution in [-0.4, -0.2) is 19.1 Å². The number of thiocarbonyl (C=S) groups is 1. The number of nitrogens with zero attached hydrogens (tertiary/aromatic N) is 1. The number of hydrogen-bond donors (Lipinski definition) is 0. The lowest BCUT2D eigenvalue weighted by molar-refractivity contribution is -0.0435. The van der Waals surface area contributed by atoms with E-state index in [1.54, 1.807) is 0 Å². The van der Waals surface area contributed by atoms with Crippen molar-refractivity contribution in [1.82, 2.24) is 0 Å². The molecule has 0 fully saturated rings. The lowest BCUT2D eigenvalue weighted by atomic mass is 10.3. The third kappa shape index (κ3) is 2.84. The average Bonchev–Trinajstić information content (AvgIpc) is 2.16. The molecule has 0 saturated heterocycles. The van der Waals surface area contributed by atoms with Crippen molar-refractivity contribution >= 4 is 44.5 Å². The molecule has 0 atom stereocenters. The smallest absolute Gasteiger partial charge is 0.214 e. The van der Waals surface area contributed by atoms with Gasteiger partial charge in [0.25, 0.3) is 9.84 Å². The molecule has 0 spiro atoms. The molecule has 0 N–H and O–H groups in total. The van der Waals surface area contributed by atoms with E-state index in [-0.39, 0.29) is 5.69 Å². The molecule has 0 bridgehead atoms. The van der Waals surface area contributed by atoms with Crippen LogP contribution in [0.3, 0.4) is 0 Å². The highest BCUT2D eigenvalue weighted by Crippen LogP contribution is 2.35. The molecule has 1 aromatic rings. The van der Waals surface area contributed by atoms with Crippen LogP contribution in [0, 0.1) is 0 Å². The van der Waals surface area contributed by atoms with Crippen molar-refractivity contribution in [2.75, 3.05) is 0 Å². The first-order valence-corrected chi connectivity index (χ1v) is 6.16. The van der Waals surface area contributed by atoms with Crippen molar-refractivity contribution in [2.45, 2.75) is 10.4 Å². The highest BCUT2D eigenvalue weighted by Gasteiger charge is 2.47. The van der Waals surface area contributed by atoms with Gasteiger partial charge >= 0.3 is 5.51 Å². The van der Waals surface area contributed by atoms with Gasteiger partial charge in [0.15, 0.2) is 0 Å². The van der Waals surface area contributed by atoms with Crippen LogP contribution in [0.5, 0.6) is 0 Å². The fourth-order valence-corrected chi connectivity index (χ4v) is 2.35. The predicted octanol–water partition coefficient (Wildman–Crippen LogP) is 3.37. The first-order valence-electron chi connectivity index (χ1n) is 3.89. The summed E-state index contributed by atoms with van der Waals surface area (Å²) < 4.78 is 58.9. The van der Waals surface area contributed by atoms with E-state index in [4.69, 9.17) is 11.6 Å². The number of sulfone groups is 1. The summed E-state index contributed by atoms with van der Waals surface area (Å²) in [4.78, 5) is 2.44.